The Morgan fingerprint density at radius 2 is 1.39 bits per heavy atom. The van der Waals surface area contributed by atoms with E-state index < -0.39 is 0 Å². The summed E-state index contributed by atoms with van der Waals surface area (Å²) in [7, 11) is 0. The van der Waals surface area contributed by atoms with E-state index in [0.717, 1.165) is 11.1 Å². The van der Waals surface area contributed by atoms with Crippen LogP contribution < -0.4 is 10.6 Å². The number of carbonyl (C=O) groups excluding carboxylic acids is 2. The number of aromatic nitrogens is 1. The number of carbonyl (C=O) groups is 2. The lowest BCUT2D eigenvalue weighted by atomic mass is 10.1. The smallest absolute Gasteiger partial charge is 0.256 e. The van der Waals surface area contributed by atoms with Crippen LogP contribution in [-0.4, -0.2) is 16.8 Å². The van der Waals surface area contributed by atoms with E-state index >= 15 is 0 Å². The third-order valence-corrected chi connectivity index (χ3v) is 5.28. The molecule has 2 amide bonds. The largest absolute Gasteiger partial charge is 0.312 e. The number of hydrogen-bond acceptors (Lipinski definition) is 4. The molecule has 4 aromatic rings. The highest BCUT2D eigenvalue weighted by Crippen LogP contribution is 2.36. The third kappa shape index (κ3) is 5.32. The normalized spacial score (nSPS) is 10.7. The quantitative estimate of drug-likeness (QED) is 0.389. The average molecular weight is 426 g/mol. The third-order valence-electron chi connectivity index (χ3n) is 4.39. The van der Waals surface area contributed by atoms with E-state index in [1.807, 2.05) is 78.9 Å². The van der Waals surface area contributed by atoms with Gasteiger partial charge in [0.15, 0.2) is 5.13 Å². The molecule has 2 N–H and O–H groups in total. The maximum Gasteiger partial charge on any atom is 0.256 e. The Hall–Kier alpha value is -4.03. The van der Waals surface area contributed by atoms with Crippen molar-refractivity contribution in [1.82, 2.24) is 4.98 Å². The lowest BCUT2D eigenvalue weighted by molar-refractivity contribution is -0.111. The number of hydrogen-bond donors (Lipinski definition) is 2. The van der Waals surface area contributed by atoms with Crippen molar-refractivity contribution in [2.45, 2.75) is 0 Å². The van der Waals surface area contributed by atoms with Crippen molar-refractivity contribution in [1.29, 1.82) is 0 Å². The molecule has 0 aliphatic carbocycles. The molecule has 0 atom stereocenters. The molecular formula is C25H19N3O2S. The Morgan fingerprint density at radius 3 is 2.06 bits per heavy atom. The van der Waals surface area contributed by atoms with Crippen LogP contribution in [0.15, 0.2) is 97.1 Å². The van der Waals surface area contributed by atoms with Gasteiger partial charge in [0, 0.05) is 17.2 Å². The van der Waals surface area contributed by atoms with Gasteiger partial charge >= 0.3 is 0 Å². The van der Waals surface area contributed by atoms with Crippen LogP contribution in [0.3, 0.4) is 0 Å². The summed E-state index contributed by atoms with van der Waals surface area (Å²) in [5.74, 6) is -0.526. The lowest BCUT2D eigenvalue weighted by Gasteiger charge is -2.05. The number of nitrogens with zero attached hydrogens (tertiary/aromatic N) is 1. The van der Waals surface area contributed by atoms with Crippen LogP contribution >= 0.6 is 11.3 Å². The van der Waals surface area contributed by atoms with Gasteiger partial charge in [-0.05, 0) is 23.8 Å². The van der Waals surface area contributed by atoms with E-state index in [1.54, 1.807) is 18.2 Å². The molecule has 0 aliphatic rings. The van der Waals surface area contributed by atoms with Crippen LogP contribution in [0.1, 0.15) is 15.9 Å². The molecule has 1 aromatic heterocycles. The monoisotopic (exact) mass is 425 g/mol. The number of benzene rings is 3. The molecule has 5 nitrogen and oxygen atoms in total. The second kappa shape index (κ2) is 9.65. The molecule has 1 heterocycles. The van der Waals surface area contributed by atoms with E-state index in [-0.39, 0.29) is 11.8 Å². The van der Waals surface area contributed by atoms with Crippen LogP contribution in [0.4, 0.5) is 10.1 Å². The number of amides is 2. The Morgan fingerprint density at radius 1 is 0.774 bits per heavy atom. The molecule has 0 radical (unpaired) electrons. The standard InChI is InChI=1S/C25H19N3O2S/c29-21(17-16-18-10-4-1-5-11-18)26-25-27-22(19-12-6-2-7-13-19)24(31-25)28-23(30)20-14-8-3-9-15-20/h1-17H,(H,28,30)(H,26,27,29)/b17-16+. The fourth-order valence-corrected chi connectivity index (χ4v) is 3.78. The molecule has 0 unspecified atom stereocenters. The molecular weight excluding hydrogens is 406 g/mol. The highest BCUT2D eigenvalue weighted by Gasteiger charge is 2.17. The molecule has 4 rings (SSSR count). The van der Waals surface area contributed by atoms with Crippen molar-refractivity contribution in [2.24, 2.45) is 0 Å². The van der Waals surface area contributed by atoms with Crippen LogP contribution in [-0.2, 0) is 4.79 Å². The molecule has 0 bridgehead atoms. The predicted octanol–water partition coefficient (Wildman–Crippen LogP) is 5.71. The van der Waals surface area contributed by atoms with Crippen LogP contribution in [0, 0.1) is 0 Å². The van der Waals surface area contributed by atoms with Crippen molar-refractivity contribution in [2.75, 3.05) is 10.6 Å². The molecule has 0 fully saturated rings. The summed E-state index contributed by atoms with van der Waals surface area (Å²) in [6.07, 6.45) is 3.19. The van der Waals surface area contributed by atoms with Crippen molar-refractivity contribution in [3.63, 3.8) is 0 Å². The van der Waals surface area contributed by atoms with E-state index in [2.05, 4.69) is 15.6 Å². The van der Waals surface area contributed by atoms with Crippen molar-refractivity contribution < 1.29 is 9.59 Å². The lowest BCUT2D eigenvalue weighted by Crippen LogP contribution is -2.11. The zero-order valence-electron chi connectivity index (χ0n) is 16.5. The second-order valence-corrected chi connectivity index (χ2v) is 7.62. The number of thiazole rings is 1. The van der Waals surface area contributed by atoms with Gasteiger partial charge in [-0.15, -0.1) is 0 Å². The predicted molar refractivity (Wildman–Crippen MR) is 126 cm³/mol. The van der Waals surface area contributed by atoms with Gasteiger partial charge in [-0.2, -0.15) is 0 Å². The molecule has 0 aliphatic heterocycles. The van der Waals surface area contributed by atoms with Gasteiger partial charge in [0.05, 0.1) is 0 Å². The SMILES string of the molecule is O=C(/C=C/c1ccccc1)Nc1nc(-c2ccccc2)c(NC(=O)c2ccccc2)s1. The Bertz CT molecular complexity index is 1200. The van der Waals surface area contributed by atoms with Crippen molar-refractivity contribution in [3.05, 3.63) is 108 Å². The summed E-state index contributed by atoms with van der Waals surface area (Å²) < 4.78 is 0. The summed E-state index contributed by atoms with van der Waals surface area (Å²) in [4.78, 5) is 29.6. The van der Waals surface area contributed by atoms with E-state index in [9.17, 15) is 9.59 Å². The van der Waals surface area contributed by atoms with Gasteiger partial charge in [-0.25, -0.2) is 4.98 Å². The molecule has 0 saturated carbocycles. The summed E-state index contributed by atoms with van der Waals surface area (Å²) in [5.41, 5.74) is 2.93. The second-order valence-electron chi connectivity index (χ2n) is 6.62. The van der Waals surface area contributed by atoms with Gasteiger partial charge in [0.1, 0.15) is 10.7 Å². The van der Waals surface area contributed by atoms with Crippen molar-refractivity contribution in [3.8, 4) is 11.3 Å². The fourth-order valence-electron chi connectivity index (χ4n) is 2.90. The summed E-state index contributed by atoms with van der Waals surface area (Å²) in [6.45, 7) is 0. The topological polar surface area (TPSA) is 71.1 Å². The summed E-state index contributed by atoms with van der Waals surface area (Å²) in [6, 6.07) is 28.1. The Balaban J connectivity index is 1.57. The first-order chi connectivity index (χ1) is 15.2. The van der Waals surface area contributed by atoms with Gasteiger partial charge in [-0.3, -0.25) is 14.9 Å². The van der Waals surface area contributed by atoms with E-state index in [0.29, 0.717) is 21.4 Å². The first kappa shape index (κ1) is 20.3. The molecule has 152 valence electrons. The molecule has 6 heteroatoms. The molecule has 0 saturated heterocycles. The highest BCUT2D eigenvalue weighted by molar-refractivity contribution is 7.20. The Kier molecular flexibility index (Phi) is 6.30. The zero-order chi connectivity index (χ0) is 21.5. The zero-order valence-corrected chi connectivity index (χ0v) is 17.3. The minimum atomic E-state index is -0.293. The number of rotatable bonds is 6. The number of nitrogens with one attached hydrogen (secondary N) is 2. The minimum Gasteiger partial charge on any atom is -0.312 e. The van der Waals surface area contributed by atoms with Gasteiger partial charge in [0.2, 0.25) is 5.91 Å². The minimum absolute atomic E-state index is 0.233. The van der Waals surface area contributed by atoms with Gasteiger partial charge in [-0.1, -0.05) is 90.2 Å². The van der Waals surface area contributed by atoms with Gasteiger partial charge < -0.3 is 5.32 Å². The highest BCUT2D eigenvalue weighted by atomic mass is 32.1. The maximum absolute atomic E-state index is 12.7. The summed E-state index contributed by atoms with van der Waals surface area (Å²) >= 11 is 1.22. The van der Waals surface area contributed by atoms with Crippen LogP contribution in [0.5, 0.6) is 0 Å². The van der Waals surface area contributed by atoms with E-state index in [4.69, 9.17) is 0 Å². The first-order valence-electron chi connectivity index (χ1n) is 9.66. The molecule has 0 spiro atoms. The fraction of sp³-hybridized carbons (Fsp3) is 0. The van der Waals surface area contributed by atoms with Crippen LogP contribution in [0.2, 0.25) is 0 Å². The Labute approximate surface area is 184 Å². The average Bonchev–Trinajstić information content (AvgIpc) is 3.21. The van der Waals surface area contributed by atoms with Gasteiger partial charge in [0.25, 0.3) is 5.91 Å². The van der Waals surface area contributed by atoms with Crippen LogP contribution in [0.25, 0.3) is 17.3 Å². The van der Waals surface area contributed by atoms with E-state index in [1.165, 1.54) is 17.4 Å². The maximum atomic E-state index is 12.7. The molecule has 31 heavy (non-hydrogen) atoms. The van der Waals surface area contributed by atoms with Crippen molar-refractivity contribution >= 4 is 39.4 Å². The summed E-state index contributed by atoms with van der Waals surface area (Å²) in [5, 5.41) is 6.69. The molecule has 3 aromatic carbocycles. The first-order valence-corrected chi connectivity index (χ1v) is 10.5. The number of anilines is 2.